The number of piperazine rings is 1. The summed E-state index contributed by atoms with van der Waals surface area (Å²) in [6.07, 6.45) is 4.89. The average Bonchev–Trinajstić information content (AvgIpc) is 3.30. The molecule has 0 N–H and O–H groups in total. The maximum absolute atomic E-state index is 13.4. The third kappa shape index (κ3) is 3.97. The number of piperidine rings is 1. The van der Waals surface area contributed by atoms with E-state index in [0.29, 0.717) is 31.9 Å². The monoisotopic (exact) mass is 381 g/mol. The zero-order valence-corrected chi connectivity index (χ0v) is 16.1. The summed E-state index contributed by atoms with van der Waals surface area (Å²) < 4.78 is 5.24. The molecule has 0 spiro atoms. The van der Waals surface area contributed by atoms with Crippen molar-refractivity contribution < 1.29 is 14.0 Å². The molecule has 1 atom stereocenters. The van der Waals surface area contributed by atoms with Crippen molar-refractivity contribution >= 4 is 11.8 Å². The SMILES string of the molecule is O=C(c1ccco1)N1CCN([C@H](C(=O)N2CCCCC2)c2ccccc2)CC1. The first-order valence-corrected chi connectivity index (χ1v) is 10.1. The van der Waals surface area contributed by atoms with Crippen LogP contribution in [0.5, 0.6) is 0 Å². The number of nitrogens with zero attached hydrogens (tertiary/aromatic N) is 3. The van der Waals surface area contributed by atoms with Gasteiger partial charge in [-0.3, -0.25) is 14.5 Å². The quantitative estimate of drug-likeness (QED) is 0.817. The fraction of sp³-hybridized carbons (Fsp3) is 0.455. The third-order valence-electron chi connectivity index (χ3n) is 5.72. The molecule has 2 aromatic rings. The number of benzene rings is 1. The van der Waals surface area contributed by atoms with Crippen molar-refractivity contribution in [3.63, 3.8) is 0 Å². The summed E-state index contributed by atoms with van der Waals surface area (Å²) in [5.41, 5.74) is 1.03. The van der Waals surface area contributed by atoms with E-state index >= 15 is 0 Å². The molecule has 0 bridgehead atoms. The van der Waals surface area contributed by atoms with Gasteiger partial charge in [-0.25, -0.2) is 0 Å². The van der Waals surface area contributed by atoms with Crippen molar-refractivity contribution in [3.8, 4) is 0 Å². The van der Waals surface area contributed by atoms with Gasteiger partial charge in [-0.05, 0) is 37.0 Å². The van der Waals surface area contributed by atoms with Crippen LogP contribution in [0.2, 0.25) is 0 Å². The Labute approximate surface area is 165 Å². The number of furan rings is 1. The first-order valence-electron chi connectivity index (χ1n) is 10.1. The molecule has 0 radical (unpaired) electrons. The maximum atomic E-state index is 13.4. The lowest BCUT2D eigenvalue weighted by molar-refractivity contribution is -0.138. The van der Waals surface area contributed by atoms with Crippen LogP contribution >= 0.6 is 0 Å². The molecule has 4 rings (SSSR count). The van der Waals surface area contributed by atoms with E-state index < -0.39 is 0 Å². The fourth-order valence-electron chi connectivity index (χ4n) is 4.17. The second kappa shape index (κ2) is 8.61. The van der Waals surface area contributed by atoms with Gasteiger partial charge in [0.25, 0.3) is 5.91 Å². The Morgan fingerprint density at radius 2 is 1.50 bits per heavy atom. The molecule has 0 saturated carbocycles. The lowest BCUT2D eigenvalue weighted by atomic mass is 10.0. The molecule has 2 aliphatic heterocycles. The van der Waals surface area contributed by atoms with E-state index in [1.807, 2.05) is 40.1 Å². The highest BCUT2D eigenvalue weighted by atomic mass is 16.3. The molecule has 2 aliphatic rings. The van der Waals surface area contributed by atoms with Crippen molar-refractivity contribution in [2.24, 2.45) is 0 Å². The first-order chi connectivity index (χ1) is 13.7. The molecule has 0 unspecified atom stereocenters. The number of rotatable bonds is 4. The highest BCUT2D eigenvalue weighted by Gasteiger charge is 2.34. The summed E-state index contributed by atoms with van der Waals surface area (Å²) in [6.45, 7) is 4.22. The number of hydrogen-bond donors (Lipinski definition) is 0. The van der Waals surface area contributed by atoms with Crippen molar-refractivity contribution in [2.75, 3.05) is 39.3 Å². The van der Waals surface area contributed by atoms with Crippen LogP contribution < -0.4 is 0 Å². The molecule has 3 heterocycles. The third-order valence-corrected chi connectivity index (χ3v) is 5.72. The Balaban J connectivity index is 1.48. The van der Waals surface area contributed by atoms with Crippen LogP contribution in [0.25, 0.3) is 0 Å². The van der Waals surface area contributed by atoms with E-state index in [2.05, 4.69) is 4.90 Å². The molecule has 1 aromatic carbocycles. The standard InChI is InChI=1S/C22H27N3O3/c26-21(19-10-7-17-28-19)25-15-13-23(14-16-25)20(18-8-3-1-4-9-18)22(27)24-11-5-2-6-12-24/h1,3-4,7-10,17,20H,2,5-6,11-16H2/t20-/m0/s1. The van der Waals surface area contributed by atoms with E-state index in [4.69, 9.17) is 4.42 Å². The predicted octanol–water partition coefficient (Wildman–Crippen LogP) is 2.79. The van der Waals surface area contributed by atoms with Crippen LogP contribution in [0, 0.1) is 0 Å². The van der Waals surface area contributed by atoms with Gasteiger partial charge in [-0.1, -0.05) is 30.3 Å². The highest BCUT2D eigenvalue weighted by molar-refractivity contribution is 5.91. The largest absolute Gasteiger partial charge is 0.459 e. The van der Waals surface area contributed by atoms with E-state index in [0.717, 1.165) is 31.5 Å². The van der Waals surface area contributed by atoms with E-state index in [9.17, 15) is 9.59 Å². The molecule has 6 heteroatoms. The van der Waals surface area contributed by atoms with Crippen LogP contribution in [0.4, 0.5) is 0 Å². The predicted molar refractivity (Wildman–Crippen MR) is 106 cm³/mol. The van der Waals surface area contributed by atoms with Gasteiger partial charge in [0.1, 0.15) is 6.04 Å². The van der Waals surface area contributed by atoms with E-state index in [1.54, 1.807) is 12.1 Å². The van der Waals surface area contributed by atoms with Crippen LogP contribution in [0.1, 0.15) is 41.4 Å². The Kier molecular flexibility index (Phi) is 5.76. The fourth-order valence-corrected chi connectivity index (χ4v) is 4.17. The number of carbonyl (C=O) groups excluding carboxylic acids is 2. The molecule has 2 amide bonds. The van der Waals surface area contributed by atoms with Gasteiger partial charge in [0, 0.05) is 39.3 Å². The van der Waals surface area contributed by atoms with Crippen LogP contribution in [-0.4, -0.2) is 65.8 Å². The Morgan fingerprint density at radius 3 is 2.14 bits per heavy atom. The highest BCUT2D eigenvalue weighted by Crippen LogP contribution is 2.26. The zero-order valence-electron chi connectivity index (χ0n) is 16.1. The van der Waals surface area contributed by atoms with Crippen molar-refractivity contribution in [2.45, 2.75) is 25.3 Å². The summed E-state index contributed by atoms with van der Waals surface area (Å²) in [5.74, 6) is 0.484. The smallest absolute Gasteiger partial charge is 0.289 e. The second-order valence-corrected chi connectivity index (χ2v) is 7.50. The summed E-state index contributed by atoms with van der Waals surface area (Å²) in [7, 11) is 0. The second-order valence-electron chi connectivity index (χ2n) is 7.50. The van der Waals surface area contributed by atoms with Gasteiger partial charge in [0.15, 0.2) is 5.76 Å². The number of amides is 2. The van der Waals surface area contributed by atoms with Crippen molar-refractivity contribution in [1.29, 1.82) is 0 Å². The minimum atomic E-state index is -0.278. The first kappa shape index (κ1) is 18.7. The van der Waals surface area contributed by atoms with Gasteiger partial charge in [-0.15, -0.1) is 0 Å². The Morgan fingerprint density at radius 1 is 0.786 bits per heavy atom. The topological polar surface area (TPSA) is 57.0 Å². The Hall–Kier alpha value is -2.60. The van der Waals surface area contributed by atoms with Gasteiger partial charge in [0.05, 0.1) is 6.26 Å². The minimum Gasteiger partial charge on any atom is -0.459 e. The summed E-state index contributed by atoms with van der Waals surface area (Å²) >= 11 is 0. The normalized spacial score (nSPS) is 19.4. The maximum Gasteiger partial charge on any atom is 0.289 e. The van der Waals surface area contributed by atoms with Crippen LogP contribution in [0.3, 0.4) is 0 Å². The number of carbonyl (C=O) groups is 2. The number of likely N-dealkylation sites (tertiary alicyclic amines) is 1. The molecule has 1 aromatic heterocycles. The lowest BCUT2D eigenvalue weighted by Crippen LogP contribution is -2.53. The van der Waals surface area contributed by atoms with Crippen LogP contribution in [-0.2, 0) is 4.79 Å². The number of hydrogen-bond acceptors (Lipinski definition) is 4. The molecular formula is C22H27N3O3. The molecule has 6 nitrogen and oxygen atoms in total. The van der Waals surface area contributed by atoms with Gasteiger partial charge in [-0.2, -0.15) is 0 Å². The molecule has 148 valence electrons. The van der Waals surface area contributed by atoms with Crippen molar-refractivity contribution in [1.82, 2.24) is 14.7 Å². The molecular weight excluding hydrogens is 354 g/mol. The van der Waals surface area contributed by atoms with Gasteiger partial charge in [0.2, 0.25) is 5.91 Å². The van der Waals surface area contributed by atoms with E-state index in [-0.39, 0.29) is 17.9 Å². The Bertz CT molecular complexity index is 777. The summed E-state index contributed by atoms with van der Waals surface area (Å²) in [6, 6.07) is 13.2. The zero-order chi connectivity index (χ0) is 19.3. The van der Waals surface area contributed by atoms with Gasteiger partial charge >= 0.3 is 0 Å². The molecule has 28 heavy (non-hydrogen) atoms. The lowest BCUT2D eigenvalue weighted by Gasteiger charge is -2.40. The molecule has 2 saturated heterocycles. The summed E-state index contributed by atoms with van der Waals surface area (Å²) in [4.78, 5) is 32.0. The average molecular weight is 381 g/mol. The van der Waals surface area contributed by atoms with Crippen LogP contribution in [0.15, 0.2) is 53.1 Å². The minimum absolute atomic E-state index is 0.0803. The molecule has 0 aliphatic carbocycles. The summed E-state index contributed by atoms with van der Waals surface area (Å²) in [5, 5.41) is 0. The van der Waals surface area contributed by atoms with Gasteiger partial charge < -0.3 is 14.2 Å². The molecule has 2 fully saturated rings. The van der Waals surface area contributed by atoms with E-state index in [1.165, 1.54) is 12.7 Å². The van der Waals surface area contributed by atoms with Crippen molar-refractivity contribution in [3.05, 3.63) is 60.1 Å².